The Balaban J connectivity index is 2.20. The first kappa shape index (κ1) is 13.5. The molecular weight excluding hydrogens is 262 g/mol. The highest BCUT2D eigenvalue weighted by Gasteiger charge is 2.09. The minimum Gasteiger partial charge on any atom is -0.487 e. The second-order valence-corrected chi connectivity index (χ2v) is 3.94. The average molecular weight is 270 g/mol. The van der Waals surface area contributed by atoms with E-state index >= 15 is 0 Å². The van der Waals surface area contributed by atoms with E-state index in [0.717, 1.165) is 12.1 Å². The van der Waals surface area contributed by atoms with Crippen LogP contribution in [0.4, 0.5) is 8.78 Å². The molecule has 5 heteroatoms. The van der Waals surface area contributed by atoms with Crippen LogP contribution in [0.25, 0.3) is 0 Å². The lowest BCUT2D eigenvalue weighted by Gasteiger charge is -2.08. The average Bonchev–Trinajstić information content (AvgIpc) is 2.46. The molecule has 0 spiro atoms. The van der Waals surface area contributed by atoms with Crippen molar-refractivity contribution in [3.8, 4) is 17.9 Å². The third-order valence-electron chi connectivity index (χ3n) is 2.63. The van der Waals surface area contributed by atoms with Gasteiger partial charge in [-0.05, 0) is 29.8 Å². The van der Waals surface area contributed by atoms with Gasteiger partial charge in [0.25, 0.3) is 0 Å². The van der Waals surface area contributed by atoms with Gasteiger partial charge in [0.15, 0.2) is 0 Å². The van der Waals surface area contributed by atoms with Crippen LogP contribution in [0.15, 0.2) is 36.4 Å². The molecule has 0 fully saturated rings. The summed E-state index contributed by atoms with van der Waals surface area (Å²) < 4.78 is 31.8. The minimum absolute atomic E-state index is 0.00704. The zero-order valence-electron chi connectivity index (χ0n) is 10.2. The zero-order valence-corrected chi connectivity index (χ0v) is 10.2. The second-order valence-electron chi connectivity index (χ2n) is 3.94. The highest BCUT2D eigenvalue weighted by atomic mass is 19.1. The fourth-order valence-electron chi connectivity index (χ4n) is 1.64. The molecule has 0 aromatic heterocycles. The first-order valence-corrected chi connectivity index (χ1v) is 5.65. The number of nitrogens with zero attached hydrogens (tertiary/aromatic N) is 2. The molecule has 0 heterocycles. The van der Waals surface area contributed by atoms with Gasteiger partial charge in [0.05, 0.1) is 5.56 Å². The second kappa shape index (κ2) is 5.81. The van der Waals surface area contributed by atoms with Gasteiger partial charge in [0, 0.05) is 0 Å². The Morgan fingerprint density at radius 3 is 2.50 bits per heavy atom. The molecule has 0 amide bonds. The van der Waals surface area contributed by atoms with E-state index in [9.17, 15) is 8.78 Å². The molecule has 2 aromatic carbocycles. The molecule has 0 unspecified atom stereocenters. The van der Waals surface area contributed by atoms with Gasteiger partial charge in [-0.1, -0.05) is 12.1 Å². The number of rotatable bonds is 3. The molecule has 0 radical (unpaired) electrons. The van der Waals surface area contributed by atoms with Gasteiger partial charge in [-0.25, -0.2) is 8.78 Å². The summed E-state index contributed by atoms with van der Waals surface area (Å²) in [5.74, 6) is -1.17. The topological polar surface area (TPSA) is 56.8 Å². The van der Waals surface area contributed by atoms with Crippen molar-refractivity contribution in [1.82, 2.24) is 0 Å². The number of ether oxygens (including phenoxy) is 1. The summed E-state index contributed by atoms with van der Waals surface area (Å²) in [4.78, 5) is 0. The molecule has 0 saturated carbocycles. The van der Waals surface area contributed by atoms with Gasteiger partial charge in [-0.15, -0.1) is 0 Å². The summed E-state index contributed by atoms with van der Waals surface area (Å²) in [5.41, 5.74) is 0.275. The highest BCUT2D eigenvalue weighted by Crippen LogP contribution is 2.21. The maximum atomic E-state index is 13.4. The molecule has 0 atom stereocenters. The van der Waals surface area contributed by atoms with E-state index in [0.29, 0.717) is 5.56 Å². The predicted octanol–water partition coefficient (Wildman–Crippen LogP) is 3.29. The summed E-state index contributed by atoms with van der Waals surface area (Å²) in [6.45, 7) is 0.00704. The maximum absolute atomic E-state index is 13.4. The largest absolute Gasteiger partial charge is 0.487 e. The molecule has 0 saturated heterocycles. The lowest BCUT2D eigenvalue weighted by Crippen LogP contribution is -1.99. The minimum atomic E-state index is -0.665. The molecule has 20 heavy (non-hydrogen) atoms. The summed E-state index contributed by atoms with van der Waals surface area (Å²) in [7, 11) is 0. The molecule has 98 valence electrons. The Kier molecular flexibility index (Phi) is 3.93. The van der Waals surface area contributed by atoms with E-state index in [-0.39, 0.29) is 23.5 Å². The van der Waals surface area contributed by atoms with Crippen LogP contribution in [0.3, 0.4) is 0 Å². The van der Waals surface area contributed by atoms with Crippen molar-refractivity contribution in [2.24, 2.45) is 0 Å². The summed E-state index contributed by atoms with van der Waals surface area (Å²) >= 11 is 0. The van der Waals surface area contributed by atoms with E-state index in [1.54, 1.807) is 12.1 Å². The number of benzene rings is 2. The van der Waals surface area contributed by atoms with Crippen LogP contribution in [0.2, 0.25) is 0 Å². The fraction of sp³-hybridized carbons (Fsp3) is 0.0667. The normalized spacial score (nSPS) is 9.60. The van der Waals surface area contributed by atoms with Gasteiger partial charge in [0.2, 0.25) is 0 Å². The molecule has 0 aliphatic carbocycles. The lowest BCUT2D eigenvalue weighted by atomic mass is 10.1. The van der Waals surface area contributed by atoms with Crippen LogP contribution in [-0.2, 0) is 6.61 Å². The molecule has 2 rings (SSSR count). The van der Waals surface area contributed by atoms with E-state index in [1.165, 1.54) is 24.3 Å². The van der Waals surface area contributed by atoms with Gasteiger partial charge >= 0.3 is 0 Å². The van der Waals surface area contributed by atoms with Crippen molar-refractivity contribution in [2.75, 3.05) is 0 Å². The van der Waals surface area contributed by atoms with Crippen molar-refractivity contribution < 1.29 is 13.5 Å². The third-order valence-corrected chi connectivity index (χ3v) is 2.63. The van der Waals surface area contributed by atoms with Gasteiger partial charge in [-0.2, -0.15) is 10.5 Å². The van der Waals surface area contributed by atoms with Crippen molar-refractivity contribution in [2.45, 2.75) is 6.61 Å². The zero-order chi connectivity index (χ0) is 14.5. The van der Waals surface area contributed by atoms with Crippen LogP contribution in [0.5, 0.6) is 5.75 Å². The monoisotopic (exact) mass is 270 g/mol. The molecular formula is C15H8F2N2O. The smallest absolute Gasteiger partial charge is 0.144 e. The Hall–Kier alpha value is -2.92. The SMILES string of the molecule is N#Cc1cc(COc2cccc(F)c2C#N)ccc1F. The van der Waals surface area contributed by atoms with Crippen LogP contribution >= 0.6 is 0 Å². The number of halogens is 2. The standard InChI is InChI=1S/C15H8F2N2O/c16-13-5-4-10(6-11(13)7-18)9-20-15-3-1-2-14(17)12(15)8-19/h1-6H,9H2. The molecule has 0 aliphatic rings. The van der Waals surface area contributed by atoms with Crippen molar-refractivity contribution in [1.29, 1.82) is 10.5 Å². The summed E-state index contributed by atoms with van der Waals surface area (Å²) in [5, 5.41) is 17.6. The predicted molar refractivity (Wildman–Crippen MR) is 66.6 cm³/mol. The number of hydrogen-bond acceptors (Lipinski definition) is 3. The first-order chi connectivity index (χ1) is 9.65. The van der Waals surface area contributed by atoms with Gasteiger partial charge in [-0.3, -0.25) is 0 Å². The van der Waals surface area contributed by atoms with Crippen molar-refractivity contribution in [3.63, 3.8) is 0 Å². The maximum Gasteiger partial charge on any atom is 0.144 e. The van der Waals surface area contributed by atoms with Crippen LogP contribution in [0.1, 0.15) is 16.7 Å². The summed E-state index contributed by atoms with van der Waals surface area (Å²) in [6.07, 6.45) is 0. The van der Waals surface area contributed by atoms with E-state index < -0.39 is 11.6 Å². The molecule has 3 nitrogen and oxygen atoms in total. The Labute approximate surface area is 114 Å². The van der Waals surface area contributed by atoms with Crippen LogP contribution in [-0.4, -0.2) is 0 Å². The molecule has 0 N–H and O–H groups in total. The van der Waals surface area contributed by atoms with Gasteiger partial charge in [0.1, 0.15) is 41.7 Å². The highest BCUT2D eigenvalue weighted by molar-refractivity contribution is 5.44. The van der Waals surface area contributed by atoms with Gasteiger partial charge < -0.3 is 4.74 Å². The lowest BCUT2D eigenvalue weighted by molar-refractivity contribution is 0.303. The van der Waals surface area contributed by atoms with E-state index in [1.807, 2.05) is 0 Å². The quantitative estimate of drug-likeness (QED) is 0.859. The van der Waals surface area contributed by atoms with Crippen LogP contribution in [0, 0.1) is 34.3 Å². The first-order valence-electron chi connectivity index (χ1n) is 5.65. The summed E-state index contributed by atoms with van der Waals surface area (Å²) in [6, 6.07) is 11.5. The van der Waals surface area contributed by atoms with Crippen molar-refractivity contribution in [3.05, 3.63) is 64.7 Å². The fourth-order valence-corrected chi connectivity index (χ4v) is 1.64. The third kappa shape index (κ3) is 2.73. The molecule has 0 bridgehead atoms. The van der Waals surface area contributed by atoms with E-state index in [4.69, 9.17) is 15.3 Å². The molecule has 0 aliphatic heterocycles. The van der Waals surface area contributed by atoms with Crippen molar-refractivity contribution >= 4 is 0 Å². The molecule has 2 aromatic rings. The number of nitriles is 2. The Morgan fingerprint density at radius 1 is 1.00 bits per heavy atom. The van der Waals surface area contributed by atoms with Crippen LogP contribution < -0.4 is 4.74 Å². The van der Waals surface area contributed by atoms with E-state index in [2.05, 4.69) is 0 Å². The Bertz CT molecular complexity index is 730. The Morgan fingerprint density at radius 2 is 1.80 bits per heavy atom. The number of hydrogen-bond donors (Lipinski definition) is 0.